The maximum absolute atomic E-state index is 13.9. The average Bonchev–Trinajstić information content (AvgIpc) is 3.85. The smallest absolute Gasteiger partial charge is 0.258 e. The van der Waals surface area contributed by atoms with Crippen molar-refractivity contribution in [3.05, 3.63) is 76.9 Å². The van der Waals surface area contributed by atoms with Crippen molar-refractivity contribution in [2.75, 3.05) is 42.6 Å². The standard InChI is InChI=1S/C37H41N3O3/c1-25-21-30(39-17-4-7-35(39)41)12-13-31(25)26-8-10-27(11-9-26)36(42)40-18-14-28-22-34-32(23-33(28)40)37(24-43-34)15-19-38(20-16-37)29-5-2-3-6-29/h8-13,21-23,29H,2-7,14-20,24H2,1H3. The van der Waals surface area contributed by atoms with Crippen LogP contribution < -0.4 is 14.5 Å². The molecule has 3 fully saturated rings. The quantitative estimate of drug-likeness (QED) is 0.349. The number of carbonyl (C=O) groups excluding carboxylic acids is 2. The molecule has 0 atom stereocenters. The van der Waals surface area contributed by atoms with Crippen LogP contribution in [0.15, 0.2) is 54.6 Å². The van der Waals surface area contributed by atoms with Gasteiger partial charge in [-0.1, -0.05) is 31.0 Å². The second-order valence-electron chi connectivity index (χ2n) is 13.5. The first-order valence-electron chi connectivity index (χ1n) is 16.4. The zero-order valence-electron chi connectivity index (χ0n) is 25.2. The first kappa shape index (κ1) is 26.9. The molecule has 0 radical (unpaired) electrons. The second kappa shape index (κ2) is 10.5. The average molecular weight is 576 g/mol. The van der Waals surface area contributed by atoms with Gasteiger partial charge in [-0.2, -0.15) is 0 Å². The Hall–Kier alpha value is -3.64. The van der Waals surface area contributed by atoms with Gasteiger partial charge in [0.2, 0.25) is 5.91 Å². The molecule has 222 valence electrons. The summed E-state index contributed by atoms with van der Waals surface area (Å²) in [5.74, 6) is 1.31. The maximum atomic E-state index is 13.9. The van der Waals surface area contributed by atoms with Crippen molar-refractivity contribution in [1.82, 2.24) is 4.90 Å². The second-order valence-corrected chi connectivity index (χ2v) is 13.5. The third-order valence-corrected chi connectivity index (χ3v) is 11.0. The zero-order valence-corrected chi connectivity index (χ0v) is 25.2. The minimum atomic E-state index is 0.0638. The number of ether oxygens (including phenoxy) is 1. The normalized spacial score (nSPS) is 21.5. The van der Waals surface area contributed by atoms with E-state index in [1.165, 1.54) is 36.8 Å². The van der Waals surface area contributed by atoms with E-state index in [1.54, 1.807) is 0 Å². The minimum Gasteiger partial charge on any atom is -0.492 e. The van der Waals surface area contributed by atoms with Crippen LogP contribution in [-0.2, 0) is 16.6 Å². The van der Waals surface area contributed by atoms with E-state index in [-0.39, 0.29) is 17.2 Å². The van der Waals surface area contributed by atoms with Crippen molar-refractivity contribution in [2.45, 2.75) is 76.2 Å². The van der Waals surface area contributed by atoms with Gasteiger partial charge in [-0.3, -0.25) is 9.59 Å². The fraction of sp³-hybridized carbons (Fsp3) is 0.459. The van der Waals surface area contributed by atoms with E-state index in [9.17, 15) is 9.59 Å². The molecule has 1 saturated carbocycles. The fourth-order valence-corrected chi connectivity index (χ4v) is 8.46. The molecule has 6 nitrogen and oxygen atoms in total. The number of rotatable bonds is 4. The Morgan fingerprint density at radius 1 is 0.884 bits per heavy atom. The molecule has 0 aromatic heterocycles. The molecular weight excluding hydrogens is 534 g/mol. The maximum Gasteiger partial charge on any atom is 0.258 e. The van der Waals surface area contributed by atoms with Crippen molar-refractivity contribution >= 4 is 23.2 Å². The van der Waals surface area contributed by atoms with Crippen LogP contribution in [0.2, 0.25) is 0 Å². The van der Waals surface area contributed by atoms with Crippen LogP contribution >= 0.6 is 0 Å². The van der Waals surface area contributed by atoms with E-state index in [2.05, 4.69) is 48.2 Å². The minimum absolute atomic E-state index is 0.0638. The lowest BCUT2D eigenvalue weighted by molar-refractivity contribution is -0.117. The summed E-state index contributed by atoms with van der Waals surface area (Å²) in [6.07, 6.45) is 10.2. The lowest BCUT2D eigenvalue weighted by Gasteiger charge is -2.41. The number of carbonyl (C=O) groups is 2. The first-order chi connectivity index (χ1) is 21.0. The van der Waals surface area contributed by atoms with Crippen LogP contribution in [0.1, 0.15) is 78.4 Å². The SMILES string of the molecule is Cc1cc(N2CCCC2=O)ccc1-c1ccc(C(=O)N2CCc3cc4c(cc32)C2(CCN(C3CCCC3)CC2)CO4)cc1. The van der Waals surface area contributed by atoms with Gasteiger partial charge in [0, 0.05) is 53.5 Å². The Bertz CT molecular complexity index is 1580. The van der Waals surface area contributed by atoms with Crippen molar-refractivity contribution in [1.29, 1.82) is 0 Å². The summed E-state index contributed by atoms with van der Waals surface area (Å²) in [6.45, 7) is 6.66. The Morgan fingerprint density at radius 3 is 2.40 bits per heavy atom. The predicted octanol–water partition coefficient (Wildman–Crippen LogP) is 6.66. The van der Waals surface area contributed by atoms with Crippen molar-refractivity contribution in [2.24, 2.45) is 0 Å². The molecule has 0 unspecified atom stereocenters. The first-order valence-corrected chi connectivity index (χ1v) is 16.4. The summed E-state index contributed by atoms with van der Waals surface area (Å²) in [7, 11) is 0. The highest BCUT2D eigenvalue weighted by Crippen LogP contribution is 2.49. The molecular formula is C37H41N3O3. The molecule has 2 amide bonds. The van der Waals surface area contributed by atoms with Crippen LogP contribution in [0.25, 0.3) is 11.1 Å². The molecule has 3 aromatic rings. The van der Waals surface area contributed by atoms with Gasteiger partial charge in [-0.15, -0.1) is 0 Å². The largest absolute Gasteiger partial charge is 0.492 e. The van der Waals surface area contributed by atoms with Gasteiger partial charge in [-0.25, -0.2) is 0 Å². The van der Waals surface area contributed by atoms with Gasteiger partial charge in [0.05, 0.1) is 6.61 Å². The molecule has 1 spiro atoms. The number of nitrogens with zero attached hydrogens (tertiary/aromatic N) is 3. The number of benzene rings is 3. The molecule has 8 rings (SSSR count). The molecule has 4 aliphatic heterocycles. The predicted molar refractivity (Wildman–Crippen MR) is 170 cm³/mol. The number of likely N-dealkylation sites (tertiary alicyclic amines) is 1. The van der Waals surface area contributed by atoms with Crippen LogP contribution in [0.5, 0.6) is 5.75 Å². The molecule has 2 saturated heterocycles. The Labute approximate surface area is 254 Å². The van der Waals surface area contributed by atoms with E-state index in [0.717, 1.165) is 91.8 Å². The van der Waals surface area contributed by atoms with E-state index in [1.807, 2.05) is 28.0 Å². The highest BCUT2D eigenvalue weighted by atomic mass is 16.5. The topological polar surface area (TPSA) is 53.1 Å². The van der Waals surface area contributed by atoms with E-state index in [4.69, 9.17) is 4.74 Å². The number of piperidine rings is 1. The van der Waals surface area contributed by atoms with Gasteiger partial charge in [0.25, 0.3) is 5.91 Å². The van der Waals surface area contributed by atoms with E-state index < -0.39 is 0 Å². The van der Waals surface area contributed by atoms with Gasteiger partial charge >= 0.3 is 0 Å². The lowest BCUT2D eigenvalue weighted by Crippen LogP contribution is -2.47. The third kappa shape index (κ3) is 4.57. The highest BCUT2D eigenvalue weighted by Gasteiger charge is 2.45. The fourth-order valence-electron chi connectivity index (χ4n) is 8.46. The number of aryl methyl sites for hydroxylation is 1. The number of hydrogen-bond acceptors (Lipinski definition) is 4. The summed E-state index contributed by atoms with van der Waals surface area (Å²) in [5.41, 5.74) is 8.71. The Balaban J connectivity index is 1.00. The van der Waals surface area contributed by atoms with Gasteiger partial charge < -0.3 is 19.4 Å². The Kier molecular flexibility index (Phi) is 6.59. The molecule has 3 aromatic carbocycles. The molecule has 6 heteroatoms. The summed E-state index contributed by atoms with van der Waals surface area (Å²) < 4.78 is 6.32. The number of anilines is 2. The molecule has 5 aliphatic rings. The van der Waals surface area contributed by atoms with E-state index in [0.29, 0.717) is 18.5 Å². The number of fused-ring (bicyclic) bond motifs is 3. The van der Waals surface area contributed by atoms with Crippen molar-refractivity contribution in [3.63, 3.8) is 0 Å². The zero-order chi connectivity index (χ0) is 29.1. The summed E-state index contributed by atoms with van der Waals surface area (Å²) in [6, 6.07) is 19.6. The van der Waals surface area contributed by atoms with Crippen LogP contribution in [-0.4, -0.2) is 55.5 Å². The van der Waals surface area contributed by atoms with Crippen molar-refractivity contribution < 1.29 is 14.3 Å². The monoisotopic (exact) mass is 575 g/mol. The summed E-state index contributed by atoms with van der Waals surface area (Å²) in [4.78, 5) is 32.7. The summed E-state index contributed by atoms with van der Waals surface area (Å²) in [5, 5.41) is 0. The van der Waals surface area contributed by atoms with Gasteiger partial charge in [-0.05, 0) is 117 Å². The number of amides is 2. The molecule has 1 aliphatic carbocycles. The number of hydrogen-bond donors (Lipinski definition) is 0. The Morgan fingerprint density at radius 2 is 1.67 bits per heavy atom. The van der Waals surface area contributed by atoms with E-state index >= 15 is 0 Å². The molecule has 4 heterocycles. The lowest BCUT2D eigenvalue weighted by atomic mass is 9.74. The third-order valence-electron chi connectivity index (χ3n) is 11.0. The molecule has 0 N–H and O–H groups in total. The summed E-state index contributed by atoms with van der Waals surface area (Å²) >= 11 is 0. The molecule has 43 heavy (non-hydrogen) atoms. The van der Waals surface area contributed by atoms with Gasteiger partial charge in [0.1, 0.15) is 5.75 Å². The van der Waals surface area contributed by atoms with Gasteiger partial charge in [0.15, 0.2) is 0 Å². The van der Waals surface area contributed by atoms with Crippen LogP contribution in [0, 0.1) is 6.92 Å². The molecule has 0 bridgehead atoms. The van der Waals surface area contributed by atoms with Crippen LogP contribution in [0.4, 0.5) is 11.4 Å². The van der Waals surface area contributed by atoms with Crippen LogP contribution in [0.3, 0.4) is 0 Å². The van der Waals surface area contributed by atoms with Crippen molar-refractivity contribution in [3.8, 4) is 16.9 Å². The highest BCUT2D eigenvalue weighted by molar-refractivity contribution is 6.07.